The molecule has 4 heteroatoms. The highest BCUT2D eigenvalue weighted by Gasteiger charge is 2.39. The van der Waals surface area contributed by atoms with Gasteiger partial charge in [-0.25, -0.2) is 4.39 Å². The maximum atomic E-state index is 13.2. The van der Waals surface area contributed by atoms with Crippen molar-refractivity contribution in [2.24, 2.45) is 0 Å². The number of rotatable bonds is 1. The van der Waals surface area contributed by atoms with Crippen LogP contribution < -0.4 is 5.32 Å². The van der Waals surface area contributed by atoms with E-state index >= 15 is 0 Å². The highest BCUT2D eigenvalue weighted by atomic mass is 79.9. The zero-order valence-electron chi connectivity index (χ0n) is 10.9. The van der Waals surface area contributed by atoms with Crippen LogP contribution in [-0.4, -0.2) is 18.7 Å². The SMILES string of the molecule is Fc1ccc(C2CNCC3(CCCCC3)O2)c(Br)c1. The van der Waals surface area contributed by atoms with Crippen LogP contribution in [0.4, 0.5) is 4.39 Å². The first kappa shape index (κ1) is 13.5. The predicted octanol–water partition coefficient (Wildman–Crippen LogP) is 3.95. The molecule has 1 N–H and O–H groups in total. The van der Waals surface area contributed by atoms with Gasteiger partial charge in [-0.2, -0.15) is 0 Å². The van der Waals surface area contributed by atoms with Crippen LogP contribution >= 0.6 is 15.9 Å². The lowest BCUT2D eigenvalue weighted by molar-refractivity contribution is -0.136. The highest BCUT2D eigenvalue weighted by Crippen LogP contribution is 2.39. The van der Waals surface area contributed by atoms with Crippen LogP contribution in [0.5, 0.6) is 0 Å². The molecule has 1 saturated heterocycles. The first-order chi connectivity index (χ1) is 9.19. The van der Waals surface area contributed by atoms with E-state index in [2.05, 4.69) is 21.2 Å². The average molecular weight is 328 g/mol. The Kier molecular flexibility index (Phi) is 3.92. The molecule has 1 spiro atoms. The molecule has 1 aromatic rings. The van der Waals surface area contributed by atoms with Crippen molar-refractivity contribution in [3.63, 3.8) is 0 Å². The summed E-state index contributed by atoms with van der Waals surface area (Å²) in [7, 11) is 0. The molecule has 1 aliphatic carbocycles. The minimum atomic E-state index is -0.216. The Morgan fingerprint density at radius 3 is 2.79 bits per heavy atom. The van der Waals surface area contributed by atoms with Gasteiger partial charge in [0, 0.05) is 17.6 Å². The fourth-order valence-electron chi connectivity index (χ4n) is 3.24. The molecule has 2 nitrogen and oxygen atoms in total. The quantitative estimate of drug-likeness (QED) is 0.843. The van der Waals surface area contributed by atoms with Crippen molar-refractivity contribution in [1.29, 1.82) is 0 Å². The van der Waals surface area contributed by atoms with Crippen molar-refractivity contribution < 1.29 is 9.13 Å². The minimum Gasteiger partial charge on any atom is -0.364 e. The van der Waals surface area contributed by atoms with Gasteiger partial charge in [0.2, 0.25) is 0 Å². The number of ether oxygens (including phenoxy) is 1. The molecule has 1 aromatic carbocycles. The van der Waals surface area contributed by atoms with Crippen LogP contribution in [0.3, 0.4) is 0 Å². The van der Waals surface area contributed by atoms with Crippen LogP contribution in [0, 0.1) is 5.82 Å². The van der Waals surface area contributed by atoms with E-state index in [0.717, 1.165) is 36.0 Å². The van der Waals surface area contributed by atoms with Crippen molar-refractivity contribution in [2.45, 2.75) is 43.8 Å². The summed E-state index contributed by atoms with van der Waals surface area (Å²) in [6, 6.07) is 4.85. The molecule has 0 amide bonds. The molecule has 0 aromatic heterocycles. The largest absolute Gasteiger partial charge is 0.364 e. The lowest BCUT2D eigenvalue weighted by Gasteiger charge is -2.44. The lowest BCUT2D eigenvalue weighted by atomic mass is 9.83. The molecule has 1 saturated carbocycles. The van der Waals surface area contributed by atoms with Gasteiger partial charge >= 0.3 is 0 Å². The van der Waals surface area contributed by atoms with Gasteiger partial charge in [-0.1, -0.05) is 41.3 Å². The zero-order valence-corrected chi connectivity index (χ0v) is 12.5. The molecule has 1 atom stereocenters. The summed E-state index contributed by atoms with van der Waals surface area (Å²) in [4.78, 5) is 0. The minimum absolute atomic E-state index is 0.00497. The Morgan fingerprint density at radius 2 is 2.05 bits per heavy atom. The second-order valence-corrected chi connectivity index (χ2v) is 6.50. The van der Waals surface area contributed by atoms with Crippen molar-refractivity contribution in [2.75, 3.05) is 13.1 Å². The maximum Gasteiger partial charge on any atom is 0.124 e. The first-order valence-corrected chi connectivity index (χ1v) is 7.81. The molecular weight excluding hydrogens is 309 g/mol. The Hall–Kier alpha value is -0.450. The Labute approximate surface area is 121 Å². The molecule has 2 fully saturated rings. The third kappa shape index (κ3) is 2.86. The molecule has 2 aliphatic rings. The highest BCUT2D eigenvalue weighted by molar-refractivity contribution is 9.10. The number of morpholine rings is 1. The summed E-state index contributed by atoms with van der Waals surface area (Å²) in [6.07, 6.45) is 6.10. The van der Waals surface area contributed by atoms with E-state index in [4.69, 9.17) is 4.74 Å². The second kappa shape index (κ2) is 5.51. The molecule has 1 aliphatic heterocycles. The smallest absolute Gasteiger partial charge is 0.124 e. The first-order valence-electron chi connectivity index (χ1n) is 7.02. The summed E-state index contributed by atoms with van der Waals surface area (Å²) in [5.74, 6) is -0.216. The number of nitrogens with one attached hydrogen (secondary N) is 1. The molecule has 0 radical (unpaired) electrons. The number of benzene rings is 1. The second-order valence-electron chi connectivity index (χ2n) is 5.65. The van der Waals surface area contributed by atoms with Crippen molar-refractivity contribution >= 4 is 15.9 Å². The number of hydrogen-bond acceptors (Lipinski definition) is 2. The Bertz CT molecular complexity index is 454. The average Bonchev–Trinajstić information content (AvgIpc) is 2.39. The van der Waals surface area contributed by atoms with E-state index in [-0.39, 0.29) is 17.5 Å². The maximum absolute atomic E-state index is 13.2. The third-order valence-electron chi connectivity index (χ3n) is 4.24. The van der Waals surface area contributed by atoms with Gasteiger partial charge in [0.05, 0.1) is 11.7 Å². The van der Waals surface area contributed by atoms with Gasteiger partial charge in [0.15, 0.2) is 0 Å². The molecule has 104 valence electrons. The summed E-state index contributed by atoms with van der Waals surface area (Å²) < 4.78 is 20.4. The van der Waals surface area contributed by atoms with E-state index in [1.807, 2.05) is 6.07 Å². The van der Waals surface area contributed by atoms with E-state index in [9.17, 15) is 4.39 Å². The Morgan fingerprint density at radius 1 is 1.26 bits per heavy atom. The molecular formula is C15H19BrFNO. The van der Waals surface area contributed by atoms with Gasteiger partial charge in [-0.3, -0.25) is 0 Å². The van der Waals surface area contributed by atoms with Gasteiger partial charge in [-0.15, -0.1) is 0 Å². The third-order valence-corrected chi connectivity index (χ3v) is 4.93. The van der Waals surface area contributed by atoms with E-state index in [1.54, 1.807) is 0 Å². The standard InChI is InChI=1S/C15H19BrFNO/c16-13-8-11(17)4-5-12(13)14-9-18-10-15(19-14)6-2-1-3-7-15/h4-5,8,14,18H,1-3,6-7,9-10H2. The van der Waals surface area contributed by atoms with Crippen molar-refractivity contribution in [1.82, 2.24) is 5.32 Å². The summed E-state index contributed by atoms with van der Waals surface area (Å²) in [5.41, 5.74) is 1.04. The summed E-state index contributed by atoms with van der Waals surface area (Å²) in [5, 5.41) is 3.50. The molecule has 19 heavy (non-hydrogen) atoms. The van der Waals surface area contributed by atoms with E-state index < -0.39 is 0 Å². The van der Waals surface area contributed by atoms with Crippen LogP contribution in [0.25, 0.3) is 0 Å². The summed E-state index contributed by atoms with van der Waals surface area (Å²) in [6.45, 7) is 1.74. The van der Waals surface area contributed by atoms with Gasteiger partial charge in [-0.05, 0) is 30.5 Å². The van der Waals surface area contributed by atoms with Crippen LogP contribution in [-0.2, 0) is 4.74 Å². The molecule has 1 heterocycles. The molecule has 0 bridgehead atoms. The molecule has 3 rings (SSSR count). The normalized spacial score (nSPS) is 26.5. The predicted molar refractivity (Wildman–Crippen MR) is 76.6 cm³/mol. The fraction of sp³-hybridized carbons (Fsp3) is 0.600. The van der Waals surface area contributed by atoms with Crippen LogP contribution in [0.2, 0.25) is 0 Å². The Balaban J connectivity index is 1.81. The van der Waals surface area contributed by atoms with Gasteiger partial charge < -0.3 is 10.1 Å². The fourth-order valence-corrected chi connectivity index (χ4v) is 3.85. The van der Waals surface area contributed by atoms with E-state index in [0.29, 0.717) is 0 Å². The van der Waals surface area contributed by atoms with Crippen molar-refractivity contribution in [3.05, 3.63) is 34.1 Å². The van der Waals surface area contributed by atoms with Crippen LogP contribution in [0.1, 0.15) is 43.8 Å². The topological polar surface area (TPSA) is 21.3 Å². The van der Waals surface area contributed by atoms with E-state index in [1.165, 1.54) is 31.4 Å². The van der Waals surface area contributed by atoms with Gasteiger partial charge in [0.25, 0.3) is 0 Å². The monoisotopic (exact) mass is 327 g/mol. The van der Waals surface area contributed by atoms with Crippen LogP contribution in [0.15, 0.2) is 22.7 Å². The van der Waals surface area contributed by atoms with Crippen molar-refractivity contribution in [3.8, 4) is 0 Å². The lowest BCUT2D eigenvalue weighted by Crippen LogP contribution is -2.51. The zero-order chi connectivity index (χ0) is 13.3. The number of halogens is 2. The summed E-state index contributed by atoms with van der Waals surface area (Å²) >= 11 is 3.45. The van der Waals surface area contributed by atoms with Gasteiger partial charge in [0.1, 0.15) is 5.82 Å². The number of hydrogen-bond donors (Lipinski definition) is 1. The molecule has 1 unspecified atom stereocenters.